The Hall–Kier alpha value is -1.36. The Morgan fingerprint density at radius 3 is 2.42 bits per heavy atom. The molecule has 0 aliphatic heterocycles. The minimum absolute atomic E-state index is 0.598. The maximum absolute atomic E-state index is 4.30. The molecule has 0 aliphatic carbocycles. The molecule has 19 heavy (non-hydrogen) atoms. The van der Waals surface area contributed by atoms with E-state index in [1.54, 1.807) is 6.33 Å². The molecular weight excluding hydrogens is 238 g/mol. The molecule has 0 fully saturated rings. The monoisotopic (exact) mass is 265 g/mol. The van der Waals surface area contributed by atoms with Crippen LogP contribution in [-0.2, 0) is 0 Å². The zero-order chi connectivity index (χ0) is 14.3. The molecule has 1 heterocycles. The highest BCUT2D eigenvalue weighted by molar-refractivity contribution is 5.56. The molecule has 1 aromatic heterocycles. The standard InChI is InChI=1S/C14H27N5/c1-6-15-13-12(4)14(18-10-17-13)16-8-7-9-19(5)11(2)3/h10-11H,6-9H2,1-5H3,(H2,15,16,17,18). The van der Waals surface area contributed by atoms with Crippen LogP contribution in [0.2, 0.25) is 0 Å². The summed E-state index contributed by atoms with van der Waals surface area (Å²) in [5.74, 6) is 1.84. The highest BCUT2D eigenvalue weighted by atomic mass is 15.1. The van der Waals surface area contributed by atoms with E-state index in [2.05, 4.69) is 53.3 Å². The summed E-state index contributed by atoms with van der Waals surface area (Å²) in [6, 6.07) is 0.598. The maximum atomic E-state index is 4.30. The van der Waals surface area contributed by atoms with Gasteiger partial charge in [0.25, 0.3) is 0 Å². The molecule has 1 rings (SSSR count). The number of hydrogen-bond acceptors (Lipinski definition) is 5. The third-order valence-electron chi connectivity index (χ3n) is 3.29. The molecule has 0 saturated heterocycles. The Kier molecular flexibility index (Phi) is 6.56. The first kappa shape index (κ1) is 15.7. The minimum Gasteiger partial charge on any atom is -0.370 e. The molecule has 0 unspecified atom stereocenters. The summed E-state index contributed by atoms with van der Waals surface area (Å²) < 4.78 is 0. The van der Waals surface area contributed by atoms with E-state index in [4.69, 9.17) is 0 Å². The van der Waals surface area contributed by atoms with E-state index >= 15 is 0 Å². The van der Waals surface area contributed by atoms with E-state index < -0.39 is 0 Å². The van der Waals surface area contributed by atoms with Crippen LogP contribution in [0, 0.1) is 6.92 Å². The van der Waals surface area contributed by atoms with Crippen LogP contribution >= 0.6 is 0 Å². The molecular formula is C14H27N5. The van der Waals surface area contributed by atoms with Crippen LogP contribution in [0.5, 0.6) is 0 Å². The maximum Gasteiger partial charge on any atom is 0.134 e. The Morgan fingerprint density at radius 1 is 1.21 bits per heavy atom. The van der Waals surface area contributed by atoms with Gasteiger partial charge in [0.1, 0.15) is 18.0 Å². The van der Waals surface area contributed by atoms with Gasteiger partial charge in [0.15, 0.2) is 0 Å². The second-order valence-corrected chi connectivity index (χ2v) is 5.08. The molecule has 0 amide bonds. The summed E-state index contributed by atoms with van der Waals surface area (Å²) in [6.45, 7) is 11.4. The van der Waals surface area contributed by atoms with Crippen molar-refractivity contribution in [1.29, 1.82) is 0 Å². The summed E-state index contributed by atoms with van der Waals surface area (Å²) in [5, 5.41) is 6.63. The van der Waals surface area contributed by atoms with Crippen molar-refractivity contribution in [3.8, 4) is 0 Å². The van der Waals surface area contributed by atoms with E-state index in [1.807, 2.05) is 6.92 Å². The Labute approximate surface area is 116 Å². The minimum atomic E-state index is 0.598. The fraction of sp³-hybridized carbons (Fsp3) is 0.714. The largest absolute Gasteiger partial charge is 0.370 e. The lowest BCUT2D eigenvalue weighted by molar-refractivity contribution is 0.273. The van der Waals surface area contributed by atoms with E-state index in [0.717, 1.165) is 43.3 Å². The first-order valence-electron chi connectivity index (χ1n) is 7.05. The topological polar surface area (TPSA) is 53.1 Å². The van der Waals surface area contributed by atoms with Gasteiger partial charge in [-0.15, -0.1) is 0 Å². The lowest BCUT2D eigenvalue weighted by Gasteiger charge is -2.21. The Bertz CT molecular complexity index is 378. The summed E-state index contributed by atoms with van der Waals surface area (Å²) in [5.41, 5.74) is 1.08. The van der Waals surface area contributed by atoms with E-state index in [0.29, 0.717) is 6.04 Å². The second kappa shape index (κ2) is 7.94. The quantitative estimate of drug-likeness (QED) is 0.707. The molecule has 0 spiro atoms. The highest BCUT2D eigenvalue weighted by Gasteiger charge is 2.06. The van der Waals surface area contributed by atoms with Gasteiger partial charge < -0.3 is 15.5 Å². The van der Waals surface area contributed by atoms with Crippen LogP contribution in [0.15, 0.2) is 6.33 Å². The van der Waals surface area contributed by atoms with Gasteiger partial charge in [0.2, 0.25) is 0 Å². The van der Waals surface area contributed by atoms with Crippen LogP contribution in [0.25, 0.3) is 0 Å². The fourth-order valence-corrected chi connectivity index (χ4v) is 1.77. The average molecular weight is 265 g/mol. The first-order chi connectivity index (χ1) is 9.06. The van der Waals surface area contributed by atoms with Crippen LogP contribution in [-0.4, -0.2) is 47.6 Å². The van der Waals surface area contributed by atoms with Gasteiger partial charge in [0.05, 0.1) is 0 Å². The number of rotatable bonds is 8. The smallest absolute Gasteiger partial charge is 0.134 e. The number of aromatic nitrogens is 2. The van der Waals surface area contributed by atoms with Gasteiger partial charge in [-0.1, -0.05) is 0 Å². The zero-order valence-electron chi connectivity index (χ0n) is 12.8. The van der Waals surface area contributed by atoms with Crippen molar-refractivity contribution >= 4 is 11.6 Å². The molecule has 0 atom stereocenters. The van der Waals surface area contributed by atoms with Crippen molar-refractivity contribution in [3.05, 3.63) is 11.9 Å². The van der Waals surface area contributed by atoms with Crippen molar-refractivity contribution in [3.63, 3.8) is 0 Å². The molecule has 2 N–H and O–H groups in total. The summed E-state index contributed by atoms with van der Waals surface area (Å²) in [4.78, 5) is 10.9. The van der Waals surface area contributed by atoms with E-state index in [1.165, 1.54) is 0 Å². The highest BCUT2D eigenvalue weighted by Crippen LogP contribution is 2.17. The van der Waals surface area contributed by atoms with E-state index in [-0.39, 0.29) is 0 Å². The number of nitrogens with zero attached hydrogens (tertiary/aromatic N) is 3. The fourth-order valence-electron chi connectivity index (χ4n) is 1.77. The Morgan fingerprint density at radius 2 is 1.84 bits per heavy atom. The average Bonchev–Trinajstić information content (AvgIpc) is 2.38. The predicted octanol–water partition coefficient (Wildman–Crippen LogP) is 2.36. The van der Waals surface area contributed by atoms with E-state index in [9.17, 15) is 0 Å². The third kappa shape index (κ3) is 5.03. The third-order valence-corrected chi connectivity index (χ3v) is 3.29. The number of hydrogen-bond donors (Lipinski definition) is 2. The molecule has 0 aromatic carbocycles. The van der Waals surface area contributed by atoms with Gasteiger partial charge in [-0.05, 0) is 47.7 Å². The van der Waals surface area contributed by atoms with Gasteiger partial charge in [-0.25, -0.2) is 9.97 Å². The molecule has 0 aliphatic rings. The molecule has 5 heteroatoms. The number of anilines is 2. The molecule has 1 aromatic rings. The summed E-state index contributed by atoms with van der Waals surface area (Å²) in [6.07, 6.45) is 2.71. The zero-order valence-corrected chi connectivity index (χ0v) is 12.8. The van der Waals surface area contributed by atoms with Crippen LogP contribution in [0.4, 0.5) is 11.6 Å². The molecule has 0 bridgehead atoms. The van der Waals surface area contributed by atoms with Crippen LogP contribution in [0.3, 0.4) is 0 Å². The van der Waals surface area contributed by atoms with Crippen molar-refractivity contribution in [1.82, 2.24) is 14.9 Å². The van der Waals surface area contributed by atoms with Gasteiger partial charge >= 0.3 is 0 Å². The van der Waals surface area contributed by atoms with Crippen LogP contribution in [0.1, 0.15) is 32.8 Å². The molecule has 108 valence electrons. The summed E-state index contributed by atoms with van der Waals surface area (Å²) >= 11 is 0. The first-order valence-corrected chi connectivity index (χ1v) is 7.05. The van der Waals surface area contributed by atoms with Crippen molar-refractivity contribution in [2.75, 3.05) is 37.3 Å². The van der Waals surface area contributed by atoms with Gasteiger partial charge in [0, 0.05) is 24.7 Å². The normalized spacial score (nSPS) is 11.1. The van der Waals surface area contributed by atoms with Crippen molar-refractivity contribution < 1.29 is 0 Å². The summed E-state index contributed by atoms with van der Waals surface area (Å²) in [7, 11) is 2.16. The second-order valence-electron chi connectivity index (χ2n) is 5.08. The number of nitrogens with one attached hydrogen (secondary N) is 2. The molecule has 0 saturated carbocycles. The SMILES string of the molecule is CCNc1ncnc(NCCCN(C)C(C)C)c1C. The molecule has 5 nitrogen and oxygen atoms in total. The lowest BCUT2D eigenvalue weighted by Crippen LogP contribution is -2.28. The van der Waals surface area contributed by atoms with Crippen LogP contribution < -0.4 is 10.6 Å². The van der Waals surface area contributed by atoms with Gasteiger partial charge in [-0.3, -0.25) is 0 Å². The predicted molar refractivity (Wildman–Crippen MR) is 81.8 cm³/mol. The molecule has 0 radical (unpaired) electrons. The lowest BCUT2D eigenvalue weighted by atomic mass is 10.3. The van der Waals surface area contributed by atoms with Crippen molar-refractivity contribution in [2.24, 2.45) is 0 Å². The Balaban J connectivity index is 2.43. The van der Waals surface area contributed by atoms with Crippen molar-refractivity contribution in [2.45, 2.75) is 40.2 Å². The van der Waals surface area contributed by atoms with Gasteiger partial charge in [-0.2, -0.15) is 0 Å².